The summed E-state index contributed by atoms with van der Waals surface area (Å²) in [6, 6.07) is 6.09. The lowest BCUT2D eigenvalue weighted by atomic mass is 10.1. The Labute approximate surface area is 121 Å². The first kappa shape index (κ1) is 15.8. The number of nitrogens with one attached hydrogen (secondary N) is 1. The van der Waals surface area contributed by atoms with Gasteiger partial charge in [0.25, 0.3) is 0 Å². The molecule has 0 spiro atoms. The largest absolute Gasteiger partial charge is 0.490 e. The summed E-state index contributed by atoms with van der Waals surface area (Å²) in [6.45, 7) is 8.16. The van der Waals surface area contributed by atoms with Crippen molar-refractivity contribution in [2.24, 2.45) is 0 Å². The Morgan fingerprint density at radius 2 is 1.79 bits per heavy atom. The summed E-state index contributed by atoms with van der Waals surface area (Å²) in [5.74, 6) is 1.62. The Morgan fingerprint density at radius 3 is 2.42 bits per heavy atom. The number of rotatable bonds is 8. The summed E-state index contributed by atoms with van der Waals surface area (Å²) < 4.78 is 11.2. The van der Waals surface area contributed by atoms with Gasteiger partial charge in [-0.15, -0.1) is 0 Å². The van der Waals surface area contributed by atoms with Gasteiger partial charge in [0.15, 0.2) is 11.5 Å². The van der Waals surface area contributed by atoms with Gasteiger partial charge in [0, 0.05) is 13.0 Å². The van der Waals surface area contributed by atoms with Gasteiger partial charge in [-0.05, 0) is 44.9 Å². The first-order valence-corrected chi connectivity index (χ1v) is 7.27. The maximum atomic E-state index is 5.61. The molecule has 4 heteroatoms. The molecule has 1 rings (SSSR count). The average Bonchev–Trinajstić information content (AvgIpc) is 2.40. The number of hydrogen-bond donors (Lipinski definition) is 1. The van der Waals surface area contributed by atoms with Crippen LogP contribution < -0.4 is 14.8 Å². The molecule has 1 aromatic rings. The molecule has 1 aromatic carbocycles. The molecule has 3 nitrogen and oxygen atoms in total. The van der Waals surface area contributed by atoms with E-state index >= 15 is 0 Å². The maximum Gasteiger partial charge on any atom is 0.161 e. The van der Waals surface area contributed by atoms with E-state index in [0.29, 0.717) is 13.2 Å². The van der Waals surface area contributed by atoms with Crippen LogP contribution in [0.5, 0.6) is 11.5 Å². The molecule has 0 heterocycles. The molecule has 0 amide bonds. The summed E-state index contributed by atoms with van der Waals surface area (Å²) in [6.07, 6.45) is 1.78. The van der Waals surface area contributed by atoms with Crippen molar-refractivity contribution in [1.29, 1.82) is 0 Å². The van der Waals surface area contributed by atoms with Crippen LogP contribution in [-0.4, -0.2) is 24.7 Å². The van der Waals surface area contributed by atoms with E-state index in [1.165, 1.54) is 5.56 Å². The third kappa shape index (κ3) is 5.47. The zero-order valence-corrected chi connectivity index (χ0v) is 12.8. The Kier molecular flexibility index (Phi) is 7.26. The summed E-state index contributed by atoms with van der Waals surface area (Å²) in [7, 11) is 0. The Bertz CT molecular complexity index is 407. The highest BCUT2D eigenvalue weighted by Gasteiger charge is 2.06. The van der Waals surface area contributed by atoms with Crippen LogP contribution in [0.4, 0.5) is 0 Å². The molecule has 0 radical (unpaired) electrons. The van der Waals surface area contributed by atoms with Gasteiger partial charge < -0.3 is 14.8 Å². The second-order valence-corrected chi connectivity index (χ2v) is 4.59. The van der Waals surface area contributed by atoms with Crippen LogP contribution >= 0.6 is 12.2 Å². The van der Waals surface area contributed by atoms with Crippen LogP contribution in [0.1, 0.15) is 32.8 Å². The fourth-order valence-corrected chi connectivity index (χ4v) is 2.04. The van der Waals surface area contributed by atoms with Crippen LogP contribution in [0.3, 0.4) is 0 Å². The van der Waals surface area contributed by atoms with Gasteiger partial charge in [0.05, 0.1) is 18.2 Å². The third-order valence-corrected chi connectivity index (χ3v) is 2.97. The Morgan fingerprint density at radius 1 is 1.11 bits per heavy atom. The monoisotopic (exact) mass is 281 g/mol. The van der Waals surface area contributed by atoms with Crippen molar-refractivity contribution >= 4 is 17.2 Å². The first-order chi connectivity index (χ1) is 9.21. The van der Waals surface area contributed by atoms with E-state index in [1.54, 1.807) is 0 Å². The number of ether oxygens (including phenoxy) is 2. The average molecular weight is 281 g/mol. The standard InChI is InChI=1S/C15H23NO2S/c1-4-16-15(19)10-8-12-7-9-13(17-5-2)14(11-12)18-6-3/h7,9,11H,4-6,8,10H2,1-3H3,(H,16,19). The van der Waals surface area contributed by atoms with Crippen LogP contribution in [0, 0.1) is 0 Å². The summed E-state index contributed by atoms with van der Waals surface area (Å²) in [4.78, 5) is 0.911. The van der Waals surface area contributed by atoms with E-state index in [2.05, 4.69) is 18.3 Å². The molecule has 0 atom stereocenters. The lowest BCUT2D eigenvalue weighted by molar-refractivity contribution is 0.287. The zero-order valence-electron chi connectivity index (χ0n) is 12.0. The maximum absolute atomic E-state index is 5.61. The van der Waals surface area contributed by atoms with Gasteiger partial charge in [-0.2, -0.15) is 0 Å². The molecule has 106 valence electrons. The van der Waals surface area contributed by atoms with Crippen molar-refractivity contribution in [3.8, 4) is 11.5 Å². The molecule has 0 fully saturated rings. The van der Waals surface area contributed by atoms with Crippen molar-refractivity contribution in [2.75, 3.05) is 19.8 Å². The number of benzene rings is 1. The quantitative estimate of drug-likeness (QED) is 0.740. The van der Waals surface area contributed by atoms with Crippen LogP contribution in [0.2, 0.25) is 0 Å². The highest BCUT2D eigenvalue weighted by atomic mass is 32.1. The minimum absolute atomic E-state index is 0.638. The highest BCUT2D eigenvalue weighted by molar-refractivity contribution is 7.80. The van der Waals surface area contributed by atoms with Gasteiger partial charge in [-0.3, -0.25) is 0 Å². The summed E-state index contributed by atoms with van der Waals surface area (Å²) in [5, 5.41) is 3.16. The van der Waals surface area contributed by atoms with Gasteiger partial charge in [0.1, 0.15) is 0 Å². The molecular formula is C15H23NO2S. The molecule has 0 aliphatic heterocycles. The number of hydrogen-bond acceptors (Lipinski definition) is 3. The fourth-order valence-electron chi connectivity index (χ4n) is 1.79. The van der Waals surface area contributed by atoms with Crippen LogP contribution in [0.15, 0.2) is 18.2 Å². The van der Waals surface area contributed by atoms with E-state index in [-0.39, 0.29) is 0 Å². The smallest absolute Gasteiger partial charge is 0.161 e. The molecule has 0 aliphatic carbocycles. The normalized spacial score (nSPS) is 10.1. The molecule has 0 saturated heterocycles. The number of aryl methyl sites for hydroxylation is 1. The SMILES string of the molecule is CCNC(=S)CCc1ccc(OCC)c(OCC)c1. The Hall–Kier alpha value is -1.29. The fraction of sp³-hybridized carbons (Fsp3) is 0.533. The van der Waals surface area contributed by atoms with E-state index in [0.717, 1.165) is 35.9 Å². The van der Waals surface area contributed by atoms with Gasteiger partial charge >= 0.3 is 0 Å². The molecule has 0 bridgehead atoms. The molecule has 0 aromatic heterocycles. The molecule has 0 unspecified atom stereocenters. The molecular weight excluding hydrogens is 258 g/mol. The Balaban J connectivity index is 2.69. The van der Waals surface area contributed by atoms with E-state index < -0.39 is 0 Å². The first-order valence-electron chi connectivity index (χ1n) is 6.86. The zero-order chi connectivity index (χ0) is 14.1. The summed E-state index contributed by atoms with van der Waals surface area (Å²) in [5.41, 5.74) is 1.21. The summed E-state index contributed by atoms with van der Waals surface area (Å²) >= 11 is 5.24. The van der Waals surface area contributed by atoms with Crippen molar-refractivity contribution in [3.63, 3.8) is 0 Å². The van der Waals surface area contributed by atoms with Gasteiger partial charge in [-0.25, -0.2) is 0 Å². The predicted molar refractivity (Wildman–Crippen MR) is 83.4 cm³/mol. The molecule has 0 saturated carbocycles. The highest BCUT2D eigenvalue weighted by Crippen LogP contribution is 2.28. The van der Waals surface area contributed by atoms with Crippen LogP contribution in [-0.2, 0) is 6.42 Å². The van der Waals surface area contributed by atoms with Gasteiger partial charge in [-0.1, -0.05) is 18.3 Å². The lowest BCUT2D eigenvalue weighted by Crippen LogP contribution is -2.20. The lowest BCUT2D eigenvalue weighted by Gasteiger charge is -2.12. The molecule has 0 aliphatic rings. The topological polar surface area (TPSA) is 30.5 Å². The predicted octanol–water partition coefficient (Wildman–Crippen LogP) is 3.35. The van der Waals surface area contributed by atoms with Crippen molar-refractivity contribution in [3.05, 3.63) is 23.8 Å². The van der Waals surface area contributed by atoms with Crippen molar-refractivity contribution in [1.82, 2.24) is 5.32 Å². The van der Waals surface area contributed by atoms with Gasteiger partial charge in [0.2, 0.25) is 0 Å². The third-order valence-electron chi connectivity index (χ3n) is 2.62. The second-order valence-electron chi connectivity index (χ2n) is 4.10. The number of thiocarbonyl (C=S) groups is 1. The van der Waals surface area contributed by atoms with Crippen molar-refractivity contribution < 1.29 is 9.47 Å². The second kappa shape index (κ2) is 8.75. The van der Waals surface area contributed by atoms with E-state index in [4.69, 9.17) is 21.7 Å². The molecule has 19 heavy (non-hydrogen) atoms. The van der Waals surface area contributed by atoms with E-state index in [1.807, 2.05) is 26.0 Å². The minimum Gasteiger partial charge on any atom is -0.490 e. The van der Waals surface area contributed by atoms with Crippen LogP contribution in [0.25, 0.3) is 0 Å². The van der Waals surface area contributed by atoms with E-state index in [9.17, 15) is 0 Å². The molecule has 1 N–H and O–H groups in total. The minimum atomic E-state index is 0.638. The van der Waals surface area contributed by atoms with Crippen molar-refractivity contribution in [2.45, 2.75) is 33.6 Å².